The molecule has 2 aromatic carbocycles. The van der Waals surface area contributed by atoms with Crippen LogP contribution in [0.2, 0.25) is 10.0 Å². The number of ether oxygens (including phenoxy) is 1. The molecular weight excluding hydrogens is 441 g/mol. The van der Waals surface area contributed by atoms with Crippen molar-refractivity contribution in [1.82, 2.24) is 0 Å². The molecule has 0 aromatic heterocycles. The fourth-order valence-electron chi connectivity index (χ4n) is 1.96. The van der Waals surface area contributed by atoms with Crippen molar-refractivity contribution in [2.24, 2.45) is 0 Å². The number of hydrogen-bond donors (Lipinski definition) is 1. The van der Waals surface area contributed by atoms with Crippen molar-refractivity contribution in [3.63, 3.8) is 0 Å². The highest BCUT2D eigenvalue weighted by molar-refractivity contribution is 9.11. The molecule has 1 atom stereocenters. The Morgan fingerprint density at radius 1 is 1.14 bits per heavy atom. The van der Waals surface area contributed by atoms with Crippen LogP contribution in [0.3, 0.4) is 0 Å². The SMILES string of the molecule is COc1cc(NC(C)c2cccc(Cl)c2Cl)c(Br)cc1Br. The highest BCUT2D eigenvalue weighted by Gasteiger charge is 2.14. The predicted octanol–water partition coefficient (Wildman–Crippen LogP) is 6.70. The Balaban J connectivity index is 2.31. The van der Waals surface area contributed by atoms with Crippen LogP contribution in [0.4, 0.5) is 5.69 Å². The summed E-state index contributed by atoms with van der Waals surface area (Å²) < 4.78 is 7.13. The second kappa shape index (κ2) is 7.23. The van der Waals surface area contributed by atoms with Crippen molar-refractivity contribution in [1.29, 1.82) is 0 Å². The van der Waals surface area contributed by atoms with Gasteiger partial charge in [0.05, 0.1) is 33.4 Å². The van der Waals surface area contributed by atoms with E-state index in [2.05, 4.69) is 37.2 Å². The monoisotopic (exact) mass is 451 g/mol. The first-order valence-corrected chi connectivity index (χ1v) is 8.51. The minimum Gasteiger partial charge on any atom is -0.495 e. The Morgan fingerprint density at radius 2 is 1.86 bits per heavy atom. The average Bonchev–Trinajstić information content (AvgIpc) is 2.44. The summed E-state index contributed by atoms with van der Waals surface area (Å²) in [5.41, 5.74) is 1.86. The van der Waals surface area contributed by atoms with Crippen LogP contribution in [-0.4, -0.2) is 7.11 Å². The van der Waals surface area contributed by atoms with E-state index < -0.39 is 0 Å². The van der Waals surface area contributed by atoms with Crippen molar-refractivity contribution in [3.8, 4) is 5.75 Å². The molecule has 0 radical (unpaired) electrons. The molecule has 0 fully saturated rings. The molecule has 2 nitrogen and oxygen atoms in total. The van der Waals surface area contributed by atoms with Crippen molar-refractivity contribution in [2.45, 2.75) is 13.0 Å². The summed E-state index contributed by atoms with van der Waals surface area (Å²) in [4.78, 5) is 0. The maximum atomic E-state index is 6.26. The van der Waals surface area contributed by atoms with Gasteiger partial charge < -0.3 is 10.1 Å². The smallest absolute Gasteiger partial charge is 0.135 e. The summed E-state index contributed by atoms with van der Waals surface area (Å²) in [7, 11) is 1.63. The molecule has 112 valence electrons. The second-order valence-electron chi connectivity index (χ2n) is 4.48. The van der Waals surface area contributed by atoms with Crippen molar-refractivity contribution < 1.29 is 4.74 Å². The van der Waals surface area contributed by atoms with E-state index in [1.807, 2.05) is 31.2 Å². The van der Waals surface area contributed by atoms with Gasteiger partial charge in [-0.1, -0.05) is 35.3 Å². The van der Waals surface area contributed by atoms with Crippen LogP contribution in [0.5, 0.6) is 5.75 Å². The topological polar surface area (TPSA) is 21.3 Å². The lowest BCUT2D eigenvalue weighted by Gasteiger charge is -2.19. The summed E-state index contributed by atoms with van der Waals surface area (Å²) in [5, 5.41) is 4.53. The Bertz CT molecular complexity index is 664. The van der Waals surface area contributed by atoms with Gasteiger partial charge in [0.15, 0.2) is 0 Å². The third-order valence-corrected chi connectivity index (χ3v) is 5.17. The Morgan fingerprint density at radius 3 is 2.52 bits per heavy atom. The minimum absolute atomic E-state index is 0.00150. The van der Waals surface area contributed by atoms with Crippen LogP contribution in [0, 0.1) is 0 Å². The molecule has 21 heavy (non-hydrogen) atoms. The van der Waals surface area contributed by atoms with E-state index >= 15 is 0 Å². The van der Waals surface area contributed by atoms with Gasteiger partial charge in [-0.05, 0) is 56.5 Å². The zero-order chi connectivity index (χ0) is 15.6. The normalized spacial score (nSPS) is 12.1. The van der Waals surface area contributed by atoms with Gasteiger partial charge >= 0.3 is 0 Å². The molecule has 0 saturated carbocycles. The first-order valence-electron chi connectivity index (χ1n) is 6.17. The zero-order valence-corrected chi connectivity index (χ0v) is 16.1. The molecule has 2 aromatic rings. The van der Waals surface area contributed by atoms with Crippen LogP contribution in [0.1, 0.15) is 18.5 Å². The fraction of sp³-hybridized carbons (Fsp3) is 0.200. The lowest BCUT2D eigenvalue weighted by Crippen LogP contribution is -2.08. The molecule has 6 heteroatoms. The quantitative estimate of drug-likeness (QED) is 0.556. The molecule has 0 aliphatic carbocycles. The molecule has 0 saturated heterocycles. The summed E-state index contributed by atoms with van der Waals surface area (Å²) in [6.45, 7) is 2.03. The summed E-state index contributed by atoms with van der Waals surface area (Å²) in [6.07, 6.45) is 0. The third kappa shape index (κ3) is 3.86. The van der Waals surface area contributed by atoms with E-state index in [1.165, 1.54) is 0 Å². The van der Waals surface area contributed by atoms with E-state index in [-0.39, 0.29) is 6.04 Å². The number of rotatable bonds is 4. The molecule has 2 rings (SSSR count). The number of halogens is 4. The van der Waals surface area contributed by atoms with Crippen LogP contribution < -0.4 is 10.1 Å². The molecule has 0 spiro atoms. The Hall–Kier alpha value is -0.420. The van der Waals surface area contributed by atoms with E-state index in [0.29, 0.717) is 10.0 Å². The predicted molar refractivity (Wildman–Crippen MR) is 96.9 cm³/mol. The highest BCUT2D eigenvalue weighted by atomic mass is 79.9. The van der Waals surface area contributed by atoms with E-state index in [1.54, 1.807) is 13.2 Å². The van der Waals surface area contributed by atoms with E-state index in [4.69, 9.17) is 27.9 Å². The lowest BCUT2D eigenvalue weighted by molar-refractivity contribution is 0.412. The van der Waals surface area contributed by atoms with Crippen LogP contribution in [0.25, 0.3) is 0 Å². The fourth-order valence-corrected chi connectivity index (χ4v) is 3.70. The Labute approximate surface area is 151 Å². The molecule has 0 amide bonds. The molecule has 0 bridgehead atoms. The van der Waals surface area contributed by atoms with Gasteiger partial charge in [0.2, 0.25) is 0 Å². The van der Waals surface area contributed by atoms with Gasteiger partial charge in [-0.3, -0.25) is 0 Å². The lowest BCUT2D eigenvalue weighted by atomic mass is 10.1. The van der Waals surface area contributed by atoms with Gasteiger partial charge in [0, 0.05) is 10.5 Å². The van der Waals surface area contributed by atoms with E-state index in [0.717, 1.165) is 25.9 Å². The summed E-state index contributed by atoms with van der Waals surface area (Å²) >= 11 is 19.3. The summed E-state index contributed by atoms with van der Waals surface area (Å²) in [5.74, 6) is 0.755. The van der Waals surface area contributed by atoms with Crippen molar-refractivity contribution >= 4 is 60.7 Å². The molecule has 0 aliphatic heterocycles. The number of nitrogens with one attached hydrogen (secondary N) is 1. The highest BCUT2D eigenvalue weighted by Crippen LogP contribution is 2.37. The maximum absolute atomic E-state index is 6.26. The van der Waals surface area contributed by atoms with Gasteiger partial charge in [-0.2, -0.15) is 0 Å². The molecule has 0 aliphatic rings. The number of hydrogen-bond acceptors (Lipinski definition) is 2. The van der Waals surface area contributed by atoms with Crippen molar-refractivity contribution in [2.75, 3.05) is 12.4 Å². The van der Waals surface area contributed by atoms with Crippen LogP contribution in [0.15, 0.2) is 39.3 Å². The number of anilines is 1. The maximum Gasteiger partial charge on any atom is 0.135 e. The second-order valence-corrected chi connectivity index (χ2v) is 6.97. The van der Waals surface area contributed by atoms with Crippen LogP contribution in [-0.2, 0) is 0 Å². The van der Waals surface area contributed by atoms with E-state index in [9.17, 15) is 0 Å². The zero-order valence-electron chi connectivity index (χ0n) is 11.4. The Kier molecular flexibility index (Phi) is 5.83. The number of benzene rings is 2. The van der Waals surface area contributed by atoms with Crippen molar-refractivity contribution in [3.05, 3.63) is 54.9 Å². The third-order valence-electron chi connectivity index (χ3n) is 3.06. The van der Waals surface area contributed by atoms with Gasteiger partial charge in [0.25, 0.3) is 0 Å². The number of methoxy groups -OCH3 is 1. The molecule has 1 unspecified atom stereocenters. The van der Waals surface area contributed by atoms with Gasteiger partial charge in [-0.15, -0.1) is 0 Å². The largest absolute Gasteiger partial charge is 0.495 e. The first-order chi connectivity index (χ1) is 9.93. The molecular formula is C15H13Br2Cl2NO. The first kappa shape index (κ1) is 16.9. The molecule has 1 N–H and O–H groups in total. The van der Waals surface area contributed by atoms with Gasteiger partial charge in [-0.25, -0.2) is 0 Å². The minimum atomic E-state index is -0.00150. The standard InChI is InChI=1S/C15H13Br2Cl2NO/c1-8(9-4-3-5-12(18)15(9)19)20-13-7-14(21-2)11(17)6-10(13)16/h3-8,20H,1-2H3. The molecule has 0 heterocycles. The van der Waals surface area contributed by atoms with Crippen LogP contribution >= 0.6 is 55.1 Å². The van der Waals surface area contributed by atoms with Gasteiger partial charge in [0.1, 0.15) is 5.75 Å². The summed E-state index contributed by atoms with van der Waals surface area (Å²) in [6, 6.07) is 9.47. The average molecular weight is 454 g/mol.